The van der Waals surface area contributed by atoms with Crippen molar-refractivity contribution in [2.75, 3.05) is 5.73 Å². The molecule has 5 nitrogen and oxygen atoms in total. The number of aromatic nitrogens is 2. The molecule has 12 heavy (non-hydrogen) atoms. The first-order valence-corrected chi connectivity index (χ1v) is 3.57. The number of nitrogens with one attached hydrogen (secondary N) is 2. The van der Waals surface area contributed by atoms with Gasteiger partial charge in [-0.05, 0) is 11.6 Å². The van der Waals surface area contributed by atoms with Gasteiger partial charge in [0.05, 0.1) is 0 Å². The Morgan fingerprint density at radius 3 is 2.75 bits per heavy atom. The van der Waals surface area contributed by atoms with E-state index in [0.717, 1.165) is 0 Å². The molecule has 0 unspecified atom stereocenters. The maximum absolute atomic E-state index is 10.9. The van der Waals surface area contributed by atoms with E-state index in [0.29, 0.717) is 0 Å². The lowest BCUT2D eigenvalue weighted by atomic mass is 10.4. The highest BCUT2D eigenvalue weighted by atomic mass is 35.5. The zero-order valence-electron chi connectivity index (χ0n) is 5.69. The molecule has 1 aromatic heterocycles. The van der Waals surface area contributed by atoms with Crippen LogP contribution in [0.2, 0.25) is 5.28 Å². The van der Waals surface area contributed by atoms with Crippen molar-refractivity contribution in [2.24, 2.45) is 0 Å². The Balaban J connectivity index is 3.48. The van der Waals surface area contributed by atoms with E-state index in [9.17, 15) is 4.79 Å². The van der Waals surface area contributed by atoms with Gasteiger partial charge in [0.15, 0.2) is 0 Å². The van der Waals surface area contributed by atoms with E-state index in [1.807, 2.05) is 0 Å². The molecule has 0 aromatic carbocycles. The summed E-state index contributed by atoms with van der Waals surface area (Å²) in [7, 11) is 0. The number of H-pyrrole nitrogens is 1. The molecule has 0 aliphatic carbocycles. The van der Waals surface area contributed by atoms with Crippen LogP contribution in [0, 0.1) is 5.41 Å². The number of nitrogen functional groups attached to an aromatic ring is 1. The standard InChI is InChI=1S/C5H4Cl2N4O/c6-3(9)2-1(8)4(12)11-5(7)10-2/h9H,8H2,(H,10,11,12). The third-order valence-corrected chi connectivity index (χ3v) is 1.49. The minimum Gasteiger partial charge on any atom is -0.392 e. The van der Waals surface area contributed by atoms with Gasteiger partial charge in [-0.3, -0.25) is 15.2 Å². The first-order chi connectivity index (χ1) is 5.52. The topological polar surface area (TPSA) is 95.6 Å². The second-order valence-electron chi connectivity index (χ2n) is 1.93. The third kappa shape index (κ3) is 1.57. The molecule has 1 rings (SSSR count). The molecule has 0 spiro atoms. The van der Waals surface area contributed by atoms with E-state index in [4.69, 9.17) is 34.3 Å². The fourth-order valence-electron chi connectivity index (χ4n) is 0.622. The Bertz CT molecular complexity index is 386. The van der Waals surface area contributed by atoms with Gasteiger partial charge in [0, 0.05) is 0 Å². The van der Waals surface area contributed by atoms with E-state index in [-0.39, 0.29) is 16.7 Å². The van der Waals surface area contributed by atoms with Gasteiger partial charge in [-0.1, -0.05) is 11.6 Å². The fourth-order valence-corrected chi connectivity index (χ4v) is 0.937. The highest BCUT2D eigenvalue weighted by molar-refractivity contribution is 6.68. The summed E-state index contributed by atoms with van der Waals surface area (Å²) in [5.74, 6) is 0. The van der Waals surface area contributed by atoms with Gasteiger partial charge >= 0.3 is 0 Å². The van der Waals surface area contributed by atoms with Crippen LogP contribution >= 0.6 is 23.2 Å². The van der Waals surface area contributed by atoms with Crippen LogP contribution in [0.15, 0.2) is 4.79 Å². The van der Waals surface area contributed by atoms with E-state index in [2.05, 4.69) is 9.97 Å². The molecule has 0 bridgehead atoms. The number of rotatable bonds is 1. The molecule has 0 saturated heterocycles. The van der Waals surface area contributed by atoms with Crippen LogP contribution in [0.3, 0.4) is 0 Å². The molecule has 0 aliphatic rings. The van der Waals surface area contributed by atoms with Crippen LogP contribution < -0.4 is 11.3 Å². The maximum Gasteiger partial charge on any atom is 0.275 e. The van der Waals surface area contributed by atoms with Crippen molar-refractivity contribution in [3.05, 3.63) is 21.3 Å². The predicted octanol–water partition coefficient (Wildman–Crippen LogP) is 0.570. The minimum absolute atomic E-state index is 0.106. The van der Waals surface area contributed by atoms with Crippen LogP contribution in [0.1, 0.15) is 5.69 Å². The summed E-state index contributed by atoms with van der Waals surface area (Å²) in [6.45, 7) is 0. The van der Waals surface area contributed by atoms with Gasteiger partial charge in [0.1, 0.15) is 16.6 Å². The summed E-state index contributed by atoms with van der Waals surface area (Å²) in [4.78, 5) is 16.6. The van der Waals surface area contributed by atoms with Crippen LogP contribution in [0.5, 0.6) is 0 Å². The molecule has 1 aromatic rings. The van der Waals surface area contributed by atoms with Crippen molar-refractivity contribution in [3.8, 4) is 0 Å². The average molecular weight is 207 g/mol. The monoisotopic (exact) mass is 206 g/mol. The molecule has 64 valence electrons. The van der Waals surface area contributed by atoms with Crippen LogP contribution in [-0.2, 0) is 0 Å². The minimum atomic E-state index is -0.601. The Hall–Kier alpha value is -1.07. The molecule has 0 fully saturated rings. The zero-order valence-corrected chi connectivity index (χ0v) is 7.20. The summed E-state index contributed by atoms with van der Waals surface area (Å²) >= 11 is 10.7. The number of nitrogens with zero attached hydrogens (tertiary/aromatic N) is 1. The fraction of sp³-hybridized carbons (Fsp3) is 0. The summed E-state index contributed by atoms with van der Waals surface area (Å²) in [6, 6.07) is 0. The maximum atomic E-state index is 10.9. The van der Waals surface area contributed by atoms with E-state index in [1.54, 1.807) is 0 Å². The predicted molar refractivity (Wildman–Crippen MR) is 47.0 cm³/mol. The van der Waals surface area contributed by atoms with Crippen molar-refractivity contribution >= 4 is 34.1 Å². The first-order valence-electron chi connectivity index (χ1n) is 2.82. The Morgan fingerprint density at radius 1 is 1.67 bits per heavy atom. The molecular weight excluding hydrogens is 203 g/mol. The Kier molecular flexibility index (Phi) is 2.35. The number of aromatic amines is 1. The second-order valence-corrected chi connectivity index (χ2v) is 2.67. The number of nitrogens with two attached hydrogens (primary N) is 1. The van der Waals surface area contributed by atoms with Crippen molar-refractivity contribution in [1.82, 2.24) is 9.97 Å². The quantitative estimate of drug-likeness (QED) is 0.463. The molecule has 1 heterocycles. The van der Waals surface area contributed by atoms with E-state index in [1.165, 1.54) is 0 Å². The Labute approximate surface area is 77.0 Å². The van der Waals surface area contributed by atoms with Crippen LogP contribution in [0.25, 0.3) is 0 Å². The van der Waals surface area contributed by atoms with E-state index < -0.39 is 10.7 Å². The van der Waals surface area contributed by atoms with Gasteiger partial charge in [-0.2, -0.15) is 0 Å². The summed E-state index contributed by atoms with van der Waals surface area (Å²) < 4.78 is 0. The van der Waals surface area contributed by atoms with Crippen molar-refractivity contribution < 1.29 is 0 Å². The van der Waals surface area contributed by atoms with E-state index >= 15 is 0 Å². The molecule has 7 heteroatoms. The van der Waals surface area contributed by atoms with Crippen LogP contribution in [0.4, 0.5) is 5.69 Å². The number of halogens is 2. The van der Waals surface area contributed by atoms with Gasteiger partial charge in [-0.25, -0.2) is 4.98 Å². The highest BCUT2D eigenvalue weighted by Gasteiger charge is 2.09. The molecule has 0 saturated carbocycles. The first kappa shape index (κ1) is 9.02. The lowest BCUT2D eigenvalue weighted by molar-refractivity contribution is 1.11. The SMILES string of the molecule is N=C(Cl)c1nc(Cl)[nH]c(=O)c1N. The summed E-state index contributed by atoms with van der Waals surface area (Å²) in [6.07, 6.45) is 0. The number of hydrogen-bond acceptors (Lipinski definition) is 4. The van der Waals surface area contributed by atoms with Gasteiger partial charge in [0.2, 0.25) is 5.28 Å². The highest BCUT2D eigenvalue weighted by Crippen LogP contribution is 2.08. The molecule has 0 radical (unpaired) electrons. The molecule has 0 atom stereocenters. The van der Waals surface area contributed by atoms with Crippen molar-refractivity contribution in [2.45, 2.75) is 0 Å². The number of anilines is 1. The lowest BCUT2D eigenvalue weighted by Gasteiger charge is -1.99. The number of hydrogen-bond donors (Lipinski definition) is 3. The van der Waals surface area contributed by atoms with Crippen LogP contribution in [-0.4, -0.2) is 15.1 Å². The lowest BCUT2D eigenvalue weighted by Crippen LogP contribution is -2.17. The van der Waals surface area contributed by atoms with Gasteiger partial charge < -0.3 is 5.73 Å². The molecular formula is C5H4Cl2N4O. The largest absolute Gasteiger partial charge is 0.392 e. The zero-order chi connectivity index (χ0) is 9.30. The normalized spacial score (nSPS) is 9.83. The smallest absolute Gasteiger partial charge is 0.275 e. The molecule has 0 aliphatic heterocycles. The van der Waals surface area contributed by atoms with Crippen molar-refractivity contribution in [1.29, 1.82) is 5.41 Å². The average Bonchev–Trinajstić information content (AvgIpc) is 1.96. The Morgan fingerprint density at radius 2 is 2.25 bits per heavy atom. The molecule has 4 N–H and O–H groups in total. The second kappa shape index (κ2) is 3.12. The van der Waals surface area contributed by atoms with Crippen molar-refractivity contribution in [3.63, 3.8) is 0 Å². The van der Waals surface area contributed by atoms with Gasteiger partial charge in [-0.15, -0.1) is 0 Å². The summed E-state index contributed by atoms with van der Waals surface area (Å²) in [5.41, 5.74) is 4.35. The third-order valence-electron chi connectivity index (χ3n) is 1.13. The summed E-state index contributed by atoms with van der Waals surface area (Å²) in [5, 5.41) is 6.42. The van der Waals surface area contributed by atoms with Gasteiger partial charge in [0.25, 0.3) is 5.56 Å². The molecule has 0 amide bonds.